The topological polar surface area (TPSA) is 144 Å². The van der Waals surface area contributed by atoms with Crippen LogP contribution < -0.4 is 5.73 Å². The van der Waals surface area contributed by atoms with Gasteiger partial charge in [0.2, 0.25) is 0 Å². The molecule has 0 fully saturated rings. The minimum Gasteiger partial charge on any atom is -0.394 e. The average Bonchev–Trinajstić information content (AvgIpc) is 2.37. The molecule has 0 radical (unpaired) electrons. The highest BCUT2D eigenvalue weighted by molar-refractivity contribution is 7.90. The summed E-state index contributed by atoms with van der Waals surface area (Å²) in [6.07, 6.45) is 0.318. The molecule has 1 rings (SSSR count). The van der Waals surface area contributed by atoms with Crippen LogP contribution in [0.2, 0.25) is 0 Å². The third-order valence-electron chi connectivity index (χ3n) is 1.96. The van der Waals surface area contributed by atoms with E-state index in [9.17, 15) is 18.5 Å². The molecule has 0 aliphatic rings. The van der Waals surface area contributed by atoms with Crippen molar-refractivity contribution in [2.75, 3.05) is 19.4 Å². The molecule has 1 aromatic rings. The summed E-state index contributed by atoms with van der Waals surface area (Å²) in [6.45, 7) is -0.104. The van der Waals surface area contributed by atoms with E-state index >= 15 is 0 Å². The number of aliphatic hydroxyl groups excluding tert-OH is 2. The molecule has 0 saturated heterocycles. The highest BCUT2D eigenvalue weighted by Gasteiger charge is 2.09. The summed E-state index contributed by atoms with van der Waals surface area (Å²) in [5.74, 6) is 0. The fourth-order valence-electron chi connectivity index (χ4n) is 0.890. The first-order valence-electron chi connectivity index (χ1n) is 5.15. The van der Waals surface area contributed by atoms with Crippen LogP contribution in [-0.4, -0.2) is 49.1 Å². The minimum atomic E-state index is -3.27. The molecule has 1 aromatic carbocycles. The van der Waals surface area contributed by atoms with Crippen LogP contribution in [0.1, 0.15) is 0 Å². The Hall–Kier alpha value is -1.55. The summed E-state index contributed by atoms with van der Waals surface area (Å²) in [6, 6.07) is 4.76. The van der Waals surface area contributed by atoms with Crippen molar-refractivity contribution in [3.63, 3.8) is 0 Å². The Morgan fingerprint density at radius 1 is 1.37 bits per heavy atom. The monoisotopic (exact) mass is 292 g/mol. The number of non-ortho nitro benzene ring substituents is 1. The Morgan fingerprint density at radius 2 is 1.84 bits per heavy atom. The Bertz CT molecular complexity index is 495. The van der Waals surface area contributed by atoms with E-state index in [2.05, 4.69) is 0 Å². The van der Waals surface area contributed by atoms with E-state index in [-0.39, 0.29) is 23.7 Å². The zero-order chi connectivity index (χ0) is 15.1. The van der Waals surface area contributed by atoms with E-state index in [4.69, 9.17) is 15.9 Å². The van der Waals surface area contributed by atoms with Crippen LogP contribution in [-0.2, 0) is 9.84 Å². The third-order valence-corrected chi connectivity index (χ3v) is 3.09. The van der Waals surface area contributed by atoms with Gasteiger partial charge in [0.1, 0.15) is 0 Å². The van der Waals surface area contributed by atoms with E-state index < -0.39 is 20.9 Å². The number of nitrogens with two attached hydrogens (primary N) is 1. The van der Waals surface area contributed by atoms with Crippen molar-refractivity contribution in [2.45, 2.75) is 11.0 Å². The second-order valence-corrected chi connectivity index (χ2v) is 5.61. The van der Waals surface area contributed by atoms with E-state index in [1.807, 2.05) is 0 Å². The summed E-state index contributed by atoms with van der Waals surface area (Å²) in [7, 11) is -3.27. The van der Waals surface area contributed by atoms with Gasteiger partial charge >= 0.3 is 0 Å². The molecule has 0 aliphatic heterocycles. The maximum atomic E-state index is 10.9. The molecule has 8 nitrogen and oxygen atoms in total. The van der Waals surface area contributed by atoms with Crippen LogP contribution in [0.15, 0.2) is 29.2 Å². The molecule has 1 unspecified atom stereocenters. The Labute approximate surface area is 110 Å². The van der Waals surface area contributed by atoms with Crippen molar-refractivity contribution in [1.29, 1.82) is 0 Å². The first-order valence-corrected chi connectivity index (χ1v) is 7.05. The van der Waals surface area contributed by atoms with Crippen molar-refractivity contribution in [2.24, 2.45) is 5.73 Å². The van der Waals surface area contributed by atoms with Gasteiger partial charge in [0.25, 0.3) is 5.69 Å². The highest BCUT2D eigenvalue weighted by Crippen LogP contribution is 2.15. The lowest BCUT2D eigenvalue weighted by molar-refractivity contribution is -0.384. The molecule has 4 N–H and O–H groups in total. The number of benzene rings is 1. The molecule has 0 aromatic heterocycles. The second kappa shape index (κ2) is 7.79. The van der Waals surface area contributed by atoms with Crippen molar-refractivity contribution in [1.82, 2.24) is 0 Å². The van der Waals surface area contributed by atoms with Crippen LogP contribution in [0, 0.1) is 10.1 Å². The van der Waals surface area contributed by atoms with Crippen molar-refractivity contribution in [3.8, 4) is 0 Å². The predicted octanol–water partition coefficient (Wildman–Crippen LogP) is -0.703. The Kier molecular flexibility index (Phi) is 7.16. The molecule has 1 atom stereocenters. The van der Waals surface area contributed by atoms with Gasteiger partial charge in [-0.1, -0.05) is 0 Å². The van der Waals surface area contributed by atoms with Crippen LogP contribution in [0.3, 0.4) is 0 Å². The van der Waals surface area contributed by atoms with Gasteiger partial charge in [-0.15, -0.1) is 0 Å². The van der Waals surface area contributed by atoms with E-state index in [1.54, 1.807) is 0 Å². The van der Waals surface area contributed by atoms with Crippen LogP contribution in [0.4, 0.5) is 5.69 Å². The number of nitrogens with zero attached hydrogens (tertiary/aromatic N) is 1. The highest BCUT2D eigenvalue weighted by atomic mass is 32.2. The number of hydrogen-bond donors (Lipinski definition) is 3. The number of nitro benzene ring substituents is 1. The van der Waals surface area contributed by atoms with Crippen LogP contribution in [0.25, 0.3) is 0 Å². The Morgan fingerprint density at radius 3 is 2.05 bits per heavy atom. The molecule has 19 heavy (non-hydrogen) atoms. The van der Waals surface area contributed by atoms with Gasteiger partial charge in [-0.3, -0.25) is 10.1 Å². The molecule has 0 aliphatic carbocycles. The zero-order valence-electron chi connectivity index (χ0n) is 10.3. The molecule has 108 valence electrons. The largest absolute Gasteiger partial charge is 0.394 e. The van der Waals surface area contributed by atoms with Crippen molar-refractivity contribution < 1.29 is 23.6 Å². The summed E-state index contributed by atoms with van der Waals surface area (Å²) >= 11 is 0. The molecule has 0 amide bonds. The summed E-state index contributed by atoms with van der Waals surface area (Å²) in [5.41, 5.74) is 4.75. The molecule has 0 bridgehead atoms. The first kappa shape index (κ1) is 17.4. The number of hydrogen-bond acceptors (Lipinski definition) is 7. The lowest BCUT2D eigenvalue weighted by atomic mass is 10.3. The molecule has 0 spiro atoms. The van der Waals surface area contributed by atoms with Gasteiger partial charge in [-0.2, -0.15) is 0 Å². The average molecular weight is 292 g/mol. The molecular weight excluding hydrogens is 276 g/mol. The molecular formula is C10H16N2O6S. The Balaban J connectivity index is 0.000000459. The van der Waals surface area contributed by atoms with Crippen molar-refractivity contribution >= 4 is 15.5 Å². The summed E-state index contributed by atoms with van der Waals surface area (Å²) in [5, 5.41) is 26.5. The number of nitro groups is 1. The second-order valence-electron chi connectivity index (χ2n) is 3.60. The lowest BCUT2D eigenvalue weighted by Gasteiger charge is -1.97. The quantitative estimate of drug-likeness (QED) is 0.491. The predicted molar refractivity (Wildman–Crippen MR) is 68.4 cm³/mol. The standard InChI is InChI=1S/C7H7NO4S.C3H9NO2/c1-13(11,12)7-4-2-6(3-5-7)8(9)10;4-1-3(6)2-5/h2-5H,1H3;3,5-6H,1-2,4H2. The minimum absolute atomic E-state index is 0.0816. The van der Waals surface area contributed by atoms with Gasteiger partial charge in [0.05, 0.1) is 22.5 Å². The summed E-state index contributed by atoms with van der Waals surface area (Å²) in [4.78, 5) is 9.72. The SMILES string of the molecule is CS(=O)(=O)c1ccc([N+](=O)[O-])cc1.NCC(O)CO. The fourth-order valence-corrected chi connectivity index (χ4v) is 1.52. The summed E-state index contributed by atoms with van der Waals surface area (Å²) < 4.78 is 21.9. The van der Waals surface area contributed by atoms with E-state index in [0.29, 0.717) is 0 Å². The third kappa shape index (κ3) is 6.82. The van der Waals surface area contributed by atoms with Gasteiger partial charge in [-0.05, 0) is 12.1 Å². The number of aliphatic hydroxyl groups is 2. The maximum Gasteiger partial charge on any atom is 0.269 e. The van der Waals surface area contributed by atoms with Crippen molar-refractivity contribution in [3.05, 3.63) is 34.4 Å². The van der Waals surface area contributed by atoms with Gasteiger partial charge in [0, 0.05) is 24.9 Å². The first-order chi connectivity index (χ1) is 8.72. The van der Waals surface area contributed by atoms with E-state index in [1.165, 1.54) is 12.1 Å². The number of rotatable bonds is 4. The fraction of sp³-hybridized carbons (Fsp3) is 0.400. The molecule has 0 heterocycles. The van der Waals surface area contributed by atoms with Gasteiger partial charge < -0.3 is 15.9 Å². The van der Waals surface area contributed by atoms with Crippen LogP contribution in [0.5, 0.6) is 0 Å². The van der Waals surface area contributed by atoms with Gasteiger partial charge in [-0.25, -0.2) is 8.42 Å². The van der Waals surface area contributed by atoms with Gasteiger partial charge in [0.15, 0.2) is 9.84 Å². The normalized spacial score (nSPS) is 12.2. The molecule has 9 heteroatoms. The molecule has 0 saturated carbocycles. The maximum absolute atomic E-state index is 10.9. The lowest BCUT2D eigenvalue weighted by Crippen LogP contribution is -2.22. The van der Waals surface area contributed by atoms with E-state index in [0.717, 1.165) is 18.4 Å². The van der Waals surface area contributed by atoms with Crippen LogP contribution >= 0.6 is 0 Å². The smallest absolute Gasteiger partial charge is 0.269 e. The number of sulfone groups is 1. The zero-order valence-corrected chi connectivity index (χ0v) is 11.1.